The fraction of sp³-hybridized carbons (Fsp3) is 0.200. The highest BCUT2D eigenvalue weighted by atomic mass is 79.9. The maximum absolute atomic E-state index is 10.9. The molecule has 6 heteroatoms. The number of halogens is 2. The number of para-hydroxylation sites is 1. The third-order valence-corrected chi connectivity index (χ3v) is 4.05. The zero-order valence-corrected chi connectivity index (χ0v) is 13.4. The first-order valence-electron chi connectivity index (χ1n) is 6.31. The topological polar surface area (TPSA) is 52.4 Å². The van der Waals surface area contributed by atoms with E-state index in [9.17, 15) is 10.1 Å². The molecular formula is C15H13BrClNO3. The molecule has 0 atom stereocenters. The molecule has 2 aromatic rings. The zero-order valence-electron chi connectivity index (χ0n) is 11.1. The largest absolute Gasteiger partial charge is 0.493 e. The van der Waals surface area contributed by atoms with E-state index < -0.39 is 0 Å². The summed E-state index contributed by atoms with van der Waals surface area (Å²) in [6.07, 6.45) is 0.476. The molecule has 110 valence electrons. The van der Waals surface area contributed by atoms with Gasteiger partial charge in [0, 0.05) is 28.4 Å². The van der Waals surface area contributed by atoms with Crippen molar-refractivity contribution < 1.29 is 9.66 Å². The van der Waals surface area contributed by atoms with Gasteiger partial charge in [-0.2, -0.15) is 0 Å². The molecule has 0 spiro atoms. The van der Waals surface area contributed by atoms with Crippen molar-refractivity contribution in [3.8, 4) is 5.75 Å². The number of alkyl halides is 1. The minimum atomic E-state index is -0.374. The molecule has 0 N–H and O–H groups in total. The SMILES string of the molecule is O=[N+]([O-])c1ccccc1CCOc1ccc(Br)c(CCl)c1. The summed E-state index contributed by atoms with van der Waals surface area (Å²) in [5.74, 6) is 1.09. The van der Waals surface area contributed by atoms with E-state index in [1.165, 1.54) is 6.07 Å². The van der Waals surface area contributed by atoms with Crippen molar-refractivity contribution in [3.63, 3.8) is 0 Å². The summed E-state index contributed by atoms with van der Waals surface area (Å²) < 4.78 is 6.57. The van der Waals surface area contributed by atoms with E-state index in [0.717, 1.165) is 10.0 Å². The molecule has 0 fully saturated rings. The summed E-state index contributed by atoms with van der Waals surface area (Å²) >= 11 is 9.24. The van der Waals surface area contributed by atoms with Crippen LogP contribution in [0, 0.1) is 10.1 Å². The molecule has 4 nitrogen and oxygen atoms in total. The molecule has 0 aliphatic rings. The first-order chi connectivity index (χ1) is 10.1. The fourth-order valence-corrected chi connectivity index (χ4v) is 2.69. The maximum atomic E-state index is 10.9. The van der Waals surface area contributed by atoms with Crippen LogP contribution in [0.2, 0.25) is 0 Å². The lowest BCUT2D eigenvalue weighted by molar-refractivity contribution is -0.385. The Morgan fingerprint density at radius 1 is 1.19 bits per heavy atom. The summed E-state index contributed by atoms with van der Waals surface area (Å²) in [7, 11) is 0. The third-order valence-electron chi connectivity index (χ3n) is 2.99. The Kier molecular flexibility index (Phi) is 5.59. The highest BCUT2D eigenvalue weighted by molar-refractivity contribution is 9.10. The summed E-state index contributed by atoms with van der Waals surface area (Å²) in [6, 6.07) is 12.2. The average molecular weight is 371 g/mol. The first kappa shape index (κ1) is 15.8. The second-order valence-corrected chi connectivity index (χ2v) is 5.49. The predicted octanol–water partition coefficient (Wildman–Crippen LogP) is 4.72. The van der Waals surface area contributed by atoms with Crippen LogP contribution in [-0.2, 0) is 12.3 Å². The Bertz CT molecular complexity index is 649. The van der Waals surface area contributed by atoms with Crippen molar-refractivity contribution >= 4 is 33.2 Å². The van der Waals surface area contributed by atoms with Gasteiger partial charge in [-0.3, -0.25) is 10.1 Å². The number of hydrogen-bond acceptors (Lipinski definition) is 3. The van der Waals surface area contributed by atoms with Gasteiger partial charge in [0.15, 0.2) is 0 Å². The predicted molar refractivity (Wildman–Crippen MR) is 86.0 cm³/mol. The van der Waals surface area contributed by atoms with Gasteiger partial charge in [-0.05, 0) is 23.8 Å². The molecule has 0 amide bonds. The van der Waals surface area contributed by atoms with Crippen molar-refractivity contribution in [1.29, 1.82) is 0 Å². The number of nitro groups is 1. The number of rotatable bonds is 6. The van der Waals surface area contributed by atoms with Gasteiger partial charge >= 0.3 is 0 Å². The molecule has 0 saturated carbocycles. The molecule has 0 heterocycles. The Labute approximate surface area is 136 Å². The Hall–Kier alpha value is -1.59. The molecule has 0 aliphatic carbocycles. The Balaban J connectivity index is 2.00. The van der Waals surface area contributed by atoms with Crippen LogP contribution in [-0.4, -0.2) is 11.5 Å². The van der Waals surface area contributed by atoms with Gasteiger partial charge in [0.1, 0.15) is 5.75 Å². The van der Waals surface area contributed by atoms with Crippen molar-refractivity contribution in [3.05, 3.63) is 68.2 Å². The lowest BCUT2D eigenvalue weighted by atomic mass is 10.1. The smallest absolute Gasteiger partial charge is 0.272 e. The van der Waals surface area contributed by atoms with Gasteiger partial charge in [0.2, 0.25) is 0 Å². The minimum absolute atomic E-state index is 0.123. The van der Waals surface area contributed by atoms with Gasteiger partial charge in [-0.25, -0.2) is 0 Å². The summed E-state index contributed by atoms with van der Waals surface area (Å²) in [4.78, 5) is 10.5. The van der Waals surface area contributed by atoms with E-state index in [1.54, 1.807) is 18.2 Å². The van der Waals surface area contributed by atoms with Crippen molar-refractivity contribution in [2.45, 2.75) is 12.3 Å². The molecule has 0 bridgehead atoms. The van der Waals surface area contributed by atoms with Crippen LogP contribution in [0.15, 0.2) is 46.9 Å². The summed E-state index contributed by atoms with van der Waals surface area (Å²) in [5.41, 5.74) is 1.73. The van der Waals surface area contributed by atoms with Crippen molar-refractivity contribution in [1.82, 2.24) is 0 Å². The van der Waals surface area contributed by atoms with E-state index in [1.807, 2.05) is 18.2 Å². The van der Waals surface area contributed by atoms with Gasteiger partial charge in [-0.1, -0.05) is 34.1 Å². The third kappa shape index (κ3) is 4.19. The van der Waals surface area contributed by atoms with Gasteiger partial charge < -0.3 is 4.74 Å². The molecule has 0 aliphatic heterocycles. The van der Waals surface area contributed by atoms with E-state index >= 15 is 0 Å². The molecular weight excluding hydrogens is 358 g/mol. The number of ether oxygens (including phenoxy) is 1. The van der Waals surface area contributed by atoms with Crippen molar-refractivity contribution in [2.75, 3.05) is 6.61 Å². The lowest BCUT2D eigenvalue weighted by Gasteiger charge is -2.08. The normalized spacial score (nSPS) is 10.4. The first-order valence-corrected chi connectivity index (χ1v) is 7.64. The summed E-state index contributed by atoms with van der Waals surface area (Å²) in [5, 5.41) is 10.9. The van der Waals surface area contributed by atoms with E-state index in [2.05, 4.69) is 15.9 Å². The molecule has 0 saturated heterocycles. The monoisotopic (exact) mass is 369 g/mol. The highest BCUT2D eigenvalue weighted by Crippen LogP contribution is 2.24. The van der Waals surface area contributed by atoms with Crippen molar-refractivity contribution in [2.24, 2.45) is 0 Å². The number of nitro benzene ring substituents is 1. The molecule has 2 aromatic carbocycles. The van der Waals surface area contributed by atoms with Crippen LogP contribution in [0.1, 0.15) is 11.1 Å². The summed E-state index contributed by atoms with van der Waals surface area (Å²) in [6.45, 7) is 0.369. The van der Waals surface area contributed by atoms with Crippen LogP contribution in [0.3, 0.4) is 0 Å². The molecule has 0 unspecified atom stereocenters. The van der Waals surface area contributed by atoms with Crippen LogP contribution < -0.4 is 4.74 Å². The van der Waals surface area contributed by atoms with Crippen LogP contribution in [0.4, 0.5) is 5.69 Å². The quantitative estimate of drug-likeness (QED) is 0.420. The van der Waals surface area contributed by atoms with Gasteiger partial charge in [-0.15, -0.1) is 11.6 Å². The highest BCUT2D eigenvalue weighted by Gasteiger charge is 2.12. The van der Waals surface area contributed by atoms with E-state index in [0.29, 0.717) is 30.2 Å². The van der Waals surface area contributed by atoms with E-state index in [4.69, 9.17) is 16.3 Å². The molecule has 0 aromatic heterocycles. The van der Waals surface area contributed by atoms with Crippen LogP contribution in [0.5, 0.6) is 5.75 Å². The number of hydrogen-bond donors (Lipinski definition) is 0. The fourth-order valence-electron chi connectivity index (χ4n) is 1.92. The van der Waals surface area contributed by atoms with Gasteiger partial charge in [0.05, 0.1) is 11.5 Å². The molecule has 21 heavy (non-hydrogen) atoms. The Morgan fingerprint density at radius 3 is 2.67 bits per heavy atom. The number of benzene rings is 2. The molecule has 0 radical (unpaired) electrons. The lowest BCUT2D eigenvalue weighted by Crippen LogP contribution is -2.04. The molecule has 2 rings (SSSR count). The van der Waals surface area contributed by atoms with E-state index in [-0.39, 0.29) is 10.6 Å². The number of nitrogens with zero attached hydrogens (tertiary/aromatic N) is 1. The van der Waals surface area contributed by atoms with Crippen LogP contribution in [0.25, 0.3) is 0 Å². The second-order valence-electron chi connectivity index (χ2n) is 4.37. The maximum Gasteiger partial charge on any atom is 0.272 e. The Morgan fingerprint density at radius 2 is 1.95 bits per heavy atom. The van der Waals surface area contributed by atoms with Crippen LogP contribution >= 0.6 is 27.5 Å². The van der Waals surface area contributed by atoms with Gasteiger partial charge in [0.25, 0.3) is 5.69 Å². The standard InChI is InChI=1S/C15H13BrClNO3/c16-14-6-5-13(9-12(14)10-17)21-8-7-11-3-1-2-4-15(11)18(19)20/h1-6,9H,7-8,10H2. The minimum Gasteiger partial charge on any atom is -0.493 e. The second kappa shape index (κ2) is 7.43. The zero-order chi connectivity index (χ0) is 15.2. The average Bonchev–Trinajstić information content (AvgIpc) is 2.49.